The monoisotopic (exact) mass is 494 g/mol. The Hall–Kier alpha value is -2.34. The SMILES string of the molecule is COc1ccc2c(c1)CC[C@H]1[C@@H]2CC[C@]2(C)[C@]3(OC(C)=O)CC[C@]12[C@@H](S(=O)(=O)c1ccccc1)C3. The van der Waals surface area contributed by atoms with Crippen molar-refractivity contribution >= 4 is 15.8 Å². The van der Waals surface area contributed by atoms with Crippen LogP contribution in [0.2, 0.25) is 0 Å². The first-order chi connectivity index (χ1) is 16.7. The first kappa shape index (κ1) is 23.1. The quantitative estimate of drug-likeness (QED) is 0.527. The highest BCUT2D eigenvalue weighted by Gasteiger charge is 2.80. The van der Waals surface area contributed by atoms with Crippen LogP contribution in [0.3, 0.4) is 0 Å². The predicted octanol–water partition coefficient (Wildman–Crippen LogP) is 5.47. The molecular weight excluding hydrogens is 460 g/mol. The van der Waals surface area contributed by atoms with Crippen LogP contribution in [-0.2, 0) is 25.8 Å². The lowest BCUT2D eigenvalue weighted by atomic mass is 9.48. The van der Waals surface area contributed by atoms with Gasteiger partial charge in [0.05, 0.1) is 17.3 Å². The number of ether oxygens (including phenoxy) is 2. The van der Waals surface area contributed by atoms with Gasteiger partial charge in [-0.2, -0.15) is 0 Å². The van der Waals surface area contributed by atoms with Crippen molar-refractivity contribution in [3.8, 4) is 5.75 Å². The third-order valence-corrected chi connectivity index (χ3v) is 12.7. The molecule has 6 heteroatoms. The molecule has 5 nitrogen and oxygen atoms in total. The molecule has 0 spiro atoms. The van der Waals surface area contributed by atoms with Crippen molar-refractivity contribution < 1.29 is 22.7 Å². The van der Waals surface area contributed by atoms with Gasteiger partial charge in [-0.05, 0) is 85.8 Å². The van der Waals surface area contributed by atoms with E-state index in [2.05, 4.69) is 19.1 Å². The molecule has 0 unspecified atom stereocenters. The van der Waals surface area contributed by atoms with E-state index in [0.29, 0.717) is 17.2 Å². The van der Waals surface area contributed by atoms with Crippen LogP contribution < -0.4 is 4.74 Å². The summed E-state index contributed by atoms with van der Waals surface area (Å²) in [5.74, 6) is 1.13. The van der Waals surface area contributed by atoms with Crippen molar-refractivity contribution in [1.82, 2.24) is 0 Å². The van der Waals surface area contributed by atoms with Gasteiger partial charge >= 0.3 is 5.97 Å². The molecule has 2 bridgehead atoms. The van der Waals surface area contributed by atoms with Gasteiger partial charge < -0.3 is 9.47 Å². The molecular formula is C29H34O5S. The summed E-state index contributed by atoms with van der Waals surface area (Å²) in [4.78, 5) is 12.7. The second-order valence-electron chi connectivity index (χ2n) is 11.4. The molecule has 0 aliphatic heterocycles. The highest BCUT2D eigenvalue weighted by Crippen LogP contribution is 2.79. The Morgan fingerprint density at radius 3 is 2.51 bits per heavy atom. The highest BCUT2D eigenvalue weighted by molar-refractivity contribution is 7.92. The number of carbonyl (C=O) groups is 1. The summed E-state index contributed by atoms with van der Waals surface area (Å²) in [6.45, 7) is 3.70. The fraction of sp³-hybridized carbons (Fsp3) is 0.552. The number of esters is 1. The van der Waals surface area contributed by atoms with Gasteiger partial charge in [-0.1, -0.05) is 31.2 Å². The summed E-state index contributed by atoms with van der Waals surface area (Å²) in [5.41, 5.74) is 1.19. The van der Waals surface area contributed by atoms with E-state index in [-0.39, 0.29) is 17.3 Å². The van der Waals surface area contributed by atoms with Gasteiger partial charge in [0.15, 0.2) is 9.84 Å². The Balaban J connectivity index is 1.52. The van der Waals surface area contributed by atoms with Crippen molar-refractivity contribution in [3.63, 3.8) is 0 Å². The number of fused-ring (bicyclic) bond motifs is 3. The standard InChI is InChI=1S/C29H34O5S/c1-19(30)34-28-15-16-29(26(18-28)35(31,32)22-7-5-4-6-8-22)25-12-9-20-17-21(33-3)10-11-23(20)24(25)13-14-27(28,29)2/h4-8,10-11,17,24-26H,9,12-16,18H2,1-3H3/t24-,25+,26+,27-,28+,29-/m1/s1. The summed E-state index contributed by atoms with van der Waals surface area (Å²) in [5, 5.41) is -0.553. The molecule has 4 aliphatic rings. The van der Waals surface area contributed by atoms with Crippen molar-refractivity contribution in [2.45, 2.75) is 80.5 Å². The van der Waals surface area contributed by atoms with E-state index in [4.69, 9.17) is 9.47 Å². The molecule has 0 aromatic heterocycles. The van der Waals surface area contributed by atoms with Gasteiger partial charge in [0.2, 0.25) is 0 Å². The van der Waals surface area contributed by atoms with E-state index in [9.17, 15) is 13.2 Å². The molecule has 3 fully saturated rings. The minimum absolute atomic E-state index is 0.241. The molecule has 35 heavy (non-hydrogen) atoms. The zero-order chi connectivity index (χ0) is 24.6. The molecule has 4 aliphatic carbocycles. The minimum Gasteiger partial charge on any atom is -0.497 e. The predicted molar refractivity (Wildman–Crippen MR) is 133 cm³/mol. The fourth-order valence-corrected chi connectivity index (χ4v) is 11.5. The molecule has 6 rings (SSSR count). The van der Waals surface area contributed by atoms with Gasteiger partial charge in [0.1, 0.15) is 11.4 Å². The van der Waals surface area contributed by atoms with Crippen molar-refractivity contribution in [1.29, 1.82) is 0 Å². The minimum atomic E-state index is -3.61. The Morgan fingerprint density at radius 2 is 1.80 bits per heavy atom. The topological polar surface area (TPSA) is 69.7 Å². The number of carbonyl (C=O) groups excluding carboxylic acids is 1. The third-order valence-electron chi connectivity index (χ3n) is 10.4. The summed E-state index contributed by atoms with van der Waals surface area (Å²) in [6.07, 6.45) is 5.68. The van der Waals surface area contributed by atoms with Crippen LogP contribution in [-0.4, -0.2) is 32.3 Å². The van der Waals surface area contributed by atoms with Crippen molar-refractivity contribution in [2.75, 3.05) is 7.11 Å². The normalized spacial score (nSPS) is 37.2. The number of rotatable bonds is 4. The van der Waals surface area contributed by atoms with Crippen LogP contribution in [0.5, 0.6) is 5.75 Å². The number of methoxy groups -OCH3 is 1. The number of hydrogen-bond acceptors (Lipinski definition) is 5. The Bertz CT molecular complexity index is 1290. The Morgan fingerprint density at radius 1 is 1.03 bits per heavy atom. The lowest BCUT2D eigenvalue weighted by molar-refractivity contribution is -0.174. The molecule has 6 atom stereocenters. The number of hydrogen-bond donors (Lipinski definition) is 0. The van der Waals surface area contributed by atoms with Crippen LogP contribution in [0, 0.1) is 16.7 Å². The number of benzene rings is 2. The first-order valence-corrected chi connectivity index (χ1v) is 14.4. The van der Waals surface area contributed by atoms with Crippen molar-refractivity contribution in [3.05, 3.63) is 59.7 Å². The fourth-order valence-electron chi connectivity index (χ4n) is 9.08. The largest absolute Gasteiger partial charge is 0.497 e. The maximum atomic E-state index is 14.3. The maximum absolute atomic E-state index is 14.3. The molecule has 2 aromatic rings. The van der Waals surface area contributed by atoms with Crippen LogP contribution in [0.1, 0.15) is 69.4 Å². The Kier molecular flexibility index (Phi) is 5.00. The van der Waals surface area contributed by atoms with E-state index in [0.717, 1.165) is 44.3 Å². The van der Waals surface area contributed by atoms with Gasteiger partial charge in [-0.3, -0.25) is 4.79 Å². The van der Waals surface area contributed by atoms with E-state index < -0.39 is 26.1 Å². The first-order valence-electron chi connectivity index (χ1n) is 12.8. The molecule has 186 valence electrons. The molecule has 3 saturated carbocycles. The van der Waals surface area contributed by atoms with Crippen LogP contribution in [0.4, 0.5) is 0 Å². The van der Waals surface area contributed by atoms with Crippen LogP contribution in [0.25, 0.3) is 0 Å². The zero-order valence-electron chi connectivity index (χ0n) is 20.8. The van der Waals surface area contributed by atoms with E-state index in [1.165, 1.54) is 18.1 Å². The zero-order valence-corrected chi connectivity index (χ0v) is 21.6. The number of aryl methyl sites for hydroxylation is 1. The molecule has 0 heterocycles. The number of sulfone groups is 1. The smallest absolute Gasteiger partial charge is 0.303 e. The maximum Gasteiger partial charge on any atom is 0.303 e. The van der Waals surface area contributed by atoms with E-state index >= 15 is 0 Å². The average Bonchev–Trinajstić information content (AvgIpc) is 3.24. The highest BCUT2D eigenvalue weighted by atomic mass is 32.2. The summed E-state index contributed by atoms with van der Waals surface area (Å²) >= 11 is 0. The Labute approximate surface area is 208 Å². The third kappa shape index (κ3) is 2.86. The molecule has 2 aromatic carbocycles. The second-order valence-corrected chi connectivity index (χ2v) is 13.5. The summed E-state index contributed by atoms with van der Waals surface area (Å²) in [6, 6.07) is 15.3. The van der Waals surface area contributed by atoms with Crippen LogP contribution >= 0.6 is 0 Å². The van der Waals surface area contributed by atoms with Gasteiger partial charge in [0, 0.05) is 24.2 Å². The summed E-state index contributed by atoms with van der Waals surface area (Å²) < 4.78 is 40.2. The second kappa shape index (κ2) is 7.58. The van der Waals surface area contributed by atoms with Crippen LogP contribution in [0.15, 0.2) is 53.4 Å². The molecule has 0 N–H and O–H groups in total. The van der Waals surface area contributed by atoms with Gasteiger partial charge in [0.25, 0.3) is 0 Å². The summed E-state index contributed by atoms with van der Waals surface area (Å²) in [7, 11) is -1.91. The van der Waals surface area contributed by atoms with Gasteiger partial charge in [-0.25, -0.2) is 8.42 Å². The van der Waals surface area contributed by atoms with E-state index in [1.54, 1.807) is 31.4 Å². The molecule has 0 amide bonds. The van der Waals surface area contributed by atoms with Gasteiger partial charge in [-0.15, -0.1) is 0 Å². The van der Waals surface area contributed by atoms with Crippen molar-refractivity contribution in [2.24, 2.45) is 16.7 Å². The molecule has 0 saturated heterocycles. The lowest BCUT2D eigenvalue weighted by Crippen LogP contribution is -2.56. The molecule has 0 radical (unpaired) electrons. The van der Waals surface area contributed by atoms with E-state index in [1.807, 2.05) is 12.1 Å². The lowest BCUT2D eigenvalue weighted by Gasteiger charge is -2.58. The average molecular weight is 495 g/mol.